The quantitative estimate of drug-likeness (QED) is 0.538. The maximum Gasteiger partial charge on any atom is 0.277 e. The molecule has 1 rings (SSSR count). The summed E-state index contributed by atoms with van der Waals surface area (Å²) in [6.07, 6.45) is -0.574. The van der Waals surface area contributed by atoms with Crippen molar-refractivity contribution in [3.05, 3.63) is 0 Å². The summed E-state index contributed by atoms with van der Waals surface area (Å²) in [7, 11) is -4.55. The second-order valence-electron chi connectivity index (χ2n) is 3.92. The third-order valence-corrected chi connectivity index (χ3v) is 3.05. The van der Waals surface area contributed by atoms with E-state index in [1.165, 1.54) is 0 Å². The first kappa shape index (κ1) is 13.1. The van der Waals surface area contributed by atoms with Crippen molar-refractivity contribution in [1.29, 1.82) is 0 Å². The summed E-state index contributed by atoms with van der Waals surface area (Å²) in [6.45, 7) is 3.74. The van der Waals surface area contributed by atoms with Crippen LogP contribution >= 0.6 is 0 Å². The van der Waals surface area contributed by atoms with Gasteiger partial charge in [0.25, 0.3) is 21.9 Å². The van der Waals surface area contributed by atoms with E-state index in [0.29, 0.717) is 5.06 Å². The summed E-state index contributed by atoms with van der Waals surface area (Å²) in [4.78, 5) is 27.5. The van der Waals surface area contributed by atoms with Crippen molar-refractivity contribution in [3.8, 4) is 0 Å². The van der Waals surface area contributed by atoms with Crippen LogP contribution in [0.5, 0.6) is 0 Å². The highest BCUT2D eigenvalue weighted by Gasteiger charge is 2.47. The SMILES string of the molecule is CC(C)CON1C(=O)CC(S(=O)(=O)O)C1=O. The van der Waals surface area contributed by atoms with Gasteiger partial charge in [0, 0.05) is 0 Å². The first-order valence-electron chi connectivity index (χ1n) is 4.69. The monoisotopic (exact) mass is 251 g/mol. The van der Waals surface area contributed by atoms with Gasteiger partial charge < -0.3 is 0 Å². The van der Waals surface area contributed by atoms with Gasteiger partial charge in [-0.3, -0.25) is 19.0 Å². The van der Waals surface area contributed by atoms with Crippen molar-refractivity contribution < 1.29 is 27.4 Å². The molecule has 0 spiro atoms. The molecule has 1 N–H and O–H groups in total. The van der Waals surface area contributed by atoms with Crippen LogP contribution in [-0.2, 0) is 24.5 Å². The Morgan fingerprint density at radius 3 is 2.44 bits per heavy atom. The zero-order valence-corrected chi connectivity index (χ0v) is 9.73. The molecule has 2 amide bonds. The topological polar surface area (TPSA) is 101 Å². The summed E-state index contributed by atoms with van der Waals surface area (Å²) >= 11 is 0. The minimum Gasteiger partial charge on any atom is -0.285 e. The van der Waals surface area contributed by atoms with Gasteiger partial charge in [0.1, 0.15) is 0 Å². The molecule has 1 aliphatic rings. The average Bonchev–Trinajstić information content (AvgIpc) is 2.38. The molecule has 0 aromatic heterocycles. The molecule has 1 heterocycles. The largest absolute Gasteiger partial charge is 0.285 e. The van der Waals surface area contributed by atoms with Crippen LogP contribution < -0.4 is 0 Å². The van der Waals surface area contributed by atoms with Gasteiger partial charge in [-0.05, 0) is 5.92 Å². The fourth-order valence-electron chi connectivity index (χ4n) is 1.17. The number of hydrogen-bond acceptors (Lipinski definition) is 5. The Bertz CT molecular complexity index is 401. The maximum absolute atomic E-state index is 11.4. The zero-order chi connectivity index (χ0) is 12.5. The van der Waals surface area contributed by atoms with Crippen LogP contribution in [0.4, 0.5) is 0 Å². The van der Waals surface area contributed by atoms with Gasteiger partial charge >= 0.3 is 0 Å². The molecule has 0 saturated carbocycles. The molecule has 1 atom stereocenters. The third kappa shape index (κ3) is 2.77. The van der Waals surface area contributed by atoms with Gasteiger partial charge in [0.15, 0.2) is 5.25 Å². The average molecular weight is 251 g/mol. The molecule has 8 heteroatoms. The molecule has 0 aliphatic carbocycles. The molecular formula is C8H13NO6S. The third-order valence-electron chi connectivity index (χ3n) is 1.96. The van der Waals surface area contributed by atoms with Gasteiger partial charge in [0.2, 0.25) is 0 Å². The fraction of sp³-hybridized carbons (Fsp3) is 0.750. The second kappa shape index (κ2) is 4.48. The van der Waals surface area contributed by atoms with Gasteiger partial charge in [0.05, 0.1) is 13.0 Å². The number of hydroxylamine groups is 2. The van der Waals surface area contributed by atoms with Crippen molar-refractivity contribution >= 4 is 21.9 Å². The molecule has 1 aliphatic heterocycles. The van der Waals surface area contributed by atoms with Gasteiger partial charge in [-0.2, -0.15) is 13.5 Å². The molecule has 1 fully saturated rings. The highest BCUT2D eigenvalue weighted by molar-refractivity contribution is 7.87. The Kier molecular flexibility index (Phi) is 3.66. The molecule has 0 radical (unpaired) electrons. The predicted octanol–water partition coefficient (Wildman–Crippen LogP) is -0.411. The number of nitrogens with zero attached hydrogens (tertiary/aromatic N) is 1. The lowest BCUT2D eigenvalue weighted by molar-refractivity contribution is -0.190. The molecule has 92 valence electrons. The van der Waals surface area contributed by atoms with Crippen molar-refractivity contribution in [2.75, 3.05) is 6.61 Å². The standard InChI is InChI=1S/C8H13NO6S/c1-5(2)4-15-9-7(10)3-6(8(9)11)16(12,13)14/h5-6H,3-4H2,1-2H3,(H,12,13,14). The van der Waals surface area contributed by atoms with Crippen LogP contribution in [0.15, 0.2) is 0 Å². The first-order valence-corrected chi connectivity index (χ1v) is 6.19. The molecule has 1 unspecified atom stereocenters. The smallest absolute Gasteiger partial charge is 0.277 e. The van der Waals surface area contributed by atoms with E-state index in [1.807, 2.05) is 13.8 Å². The maximum atomic E-state index is 11.4. The minimum atomic E-state index is -4.55. The molecule has 0 aromatic carbocycles. The lowest BCUT2D eigenvalue weighted by Crippen LogP contribution is -2.35. The predicted molar refractivity (Wildman–Crippen MR) is 52.6 cm³/mol. The van der Waals surface area contributed by atoms with E-state index in [0.717, 1.165) is 0 Å². The van der Waals surface area contributed by atoms with Gasteiger partial charge in [-0.1, -0.05) is 13.8 Å². The Morgan fingerprint density at radius 2 is 2.06 bits per heavy atom. The number of carbonyl (C=O) groups excluding carboxylic acids is 2. The minimum absolute atomic E-state index is 0.0883. The van der Waals surface area contributed by atoms with Crippen LogP contribution in [0.3, 0.4) is 0 Å². The van der Waals surface area contributed by atoms with E-state index in [2.05, 4.69) is 0 Å². The first-order chi connectivity index (χ1) is 7.23. The Hall–Kier alpha value is -0.990. The number of rotatable bonds is 4. The zero-order valence-electron chi connectivity index (χ0n) is 8.91. The van der Waals surface area contributed by atoms with Crippen LogP contribution in [-0.4, -0.2) is 41.7 Å². The molecule has 0 aromatic rings. The highest BCUT2D eigenvalue weighted by atomic mass is 32.2. The summed E-state index contributed by atoms with van der Waals surface area (Å²) < 4.78 is 30.3. The number of hydrogen-bond donors (Lipinski definition) is 1. The van der Waals surface area contributed by atoms with Crippen molar-refractivity contribution in [1.82, 2.24) is 5.06 Å². The molecular weight excluding hydrogens is 238 g/mol. The van der Waals surface area contributed by atoms with E-state index in [1.54, 1.807) is 0 Å². The van der Waals surface area contributed by atoms with Gasteiger partial charge in [-0.15, -0.1) is 0 Å². The highest BCUT2D eigenvalue weighted by Crippen LogP contribution is 2.19. The van der Waals surface area contributed by atoms with Crippen LogP contribution in [0.25, 0.3) is 0 Å². The summed E-state index contributed by atoms with van der Waals surface area (Å²) in [5.41, 5.74) is 0. The number of amides is 2. The van der Waals surface area contributed by atoms with E-state index in [4.69, 9.17) is 9.39 Å². The number of imide groups is 1. The van der Waals surface area contributed by atoms with Crippen molar-refractivity contribution in [3.63, 3.8) is 0 Å². The molecule has 7 nitrogen and oxygen atoms in total. The molecule has 16 heavy (non-hydrogen) atoms. The van der Waals surface area contributed by atoms with Crippen molar-refractivity contribution in [2.45, 2.75) is 25.5 Å². The summed E-state index contributed by atoms with van der Waals surface area (Å²) in [5.74, 6) is -1.70. The Morgan fingerprint density at radius 1 is 1.50 bits per heavy atom. The Balaban J connectivity index is 2.76. The van der Waals surface area contributed by atoms with Crippen LogP contribution in [0, 0.1) is 5.92 Å². The number of carbonyl (C=O) groups is 2. The van der Waals surface area contributed by atoms with E-state index in [-0.39, 0.29) is 12.5 Å². The van der Waals surface area contributed by atoms with E-state index >= 15 is 0 Å². The van der Waals surface area contributed by atoms with E-state index < -0.39 is 33.6 Å². The van der Waals surface area contributed by atoms with Crippen LogP contribution in [0.2, 0.25) is 0 Å². The van der Waals surface area contributed by atoms with E-state index in [9.17, 15) is 18.0 Å². The fourth-order valence-corrected chi connectivity index (χ4v) is 1.88. The molecule has 0 bridgehead atoms. The normalized spacial score (nSPS) is 22.2. The summed E-state index contributed by atoms with van der Waals surface area (Å²) in [5, 5.41) is -1.31. The lowest BCUT2D eigenvalue weighted by Gasteiger charge is -2.15. The van der Waals surface area contributed by atoms with Crippen LogP contribution in [0.1, 0.15) is 20.3 Å². The second-order valence-corrected chi connectivity index (χ2v) is 5.52. The van der Waals surface area contributed by atoms with Crippen molar-refractivity contribution in [2.24, 2.45) is 5.92 Å². The van der Waals surface area contributed by atoms with Gasteiger partial charge in [-0.25, -0.2) is 0 Å². The molecule has 1 saturated heterocycles. The summed E-state index contributed by atoms with van der Waals surface area (Å²) in [6, 6.07) is 0. The lowest BCUT2D eigenvalue weighted by atomic mass is 10.2. The Labute approximate surface area is 93.1 Å².